The van der Waals surface area contributed by atoms with E-state index in [1.54, 1.807) is 58.8 Å². The first kappa shape index (κ1) is 20.6. The SMILES string of the molecule is COc1ccc(OC)c(NC(=O)C2(c3cc(-c4ccc(OC)c(OC)c4)on3)CC2)c1. The van der Waals surface area contributed by atoms with Crippen LogP contribution in [0.25, 0.3) is 11.3 Å². The van der Waals surface area contributed by atoms with Crippen LogP contribution in [0, 0.1) is 0 Å². The molecule has 31 heavy (non-hydrogen) atoms. The number of methoxy groups -OCH3 is 4. The predicted molar refractivity (Wildman–Crippen MR) is 114 cm³/mol. The Kier molecular flexibility index (Phi) is 5.46. The van der Waals surface area contributed by atoms with Gasteiger partial charge >= 0.3 is 0 Å². The summed E-state index contributed by atoms with van der Waals surface area (Å²) in [5.74, 6) is 2.77. The van der Waals surface area contributed by atoms with Crippen LogP contribution in [-0.2, 0) is 10.2 Å². The number of nitrogens with one attached hydrogen (secondary N) is 1. The normalized spacial score (nSPS) is 13.9. The summed E-state index contributed by atoms with van der Waals surface area (Å²) in [6.07, 6.45) is 1.37. The number of carbonyl (C=O) groups excluding carboxylic acids is 1. The third kappa shape index (κ3) is 3.76. The quantitative estimate of drug-likeness (QED) is 0.583. The standard InChI is InChI=1S/C23H24N2O6/c1-27-15-6-8-17(28-2)16(12-15)24-22(26)23(9-10-23)21-13-19(31-25-21)14-5-7-18(29-3)20(11-14)30-4/h5-8,11-13H,9-10H2,1-4H3,(H,24,26). The molecule has 0 radical (unpaired) electrons. The summed E-state index contributed by atoms with van der Waals surface area (Å²) < 4.78 is 26.8. The Labute approximate surface area is 180 Å². The maximum absolute atomic E-state index is 13.2. The second-order valence-electron chi connectivity index (χ2n) is 7.25. The second kappa shape index (κ2) is 8.22. The number of hydrogen-bond acceptors (Lipinski definition) is 7. The Morgan fingerprint density at radius 3 is 2.26 bits per heavy atom. The van der Waals surface area contributed by atoms with E-state index in [0.717, 1.165) is 5.56 Å². The summed E-state index contributed by atoms with van der Waals surface area (Å²) >= 11 is 0. The van der Waals surface area contributed by atoms with Crippen LogP contribution in [0.5, 0.6) is 23.0 Å². The zero-order valence-electron chi connectivity index (χ0n) is 17.9. The lowest BCUT2D eigenvalue weighted by Crippen LogP contribution is -2.28. The van der Waals surface area contributed by atoms with Crippen molar-refractivity contribution < 1.29 is 28.3 Å². The summed E-state index contributed by atoms with van der Waals surface area (Å²) in [5.41, 5.74) is 1.19. The minimum absolute atomic E-state index is 0.161. The third-order valence-electron chi connectivity index (χ3n) is 5.51. The van der Waals surface area contributed by atoms with E-state index in [0.29, 0.717) is 53.0 Å². The zero-order valence-corrected chi connectivity index (χ0v) is 17.9. The summed E-state index contributed by atoms with van der Waals surface area (Å²) in [6, 6.07) is 12.5. The van der Waals surface area contributed by atoms with Crippen molar-refractivity contribution in [1.82, 2.24) is 5.16 Å². The number of amides is 1. The van der Waals surface area contributed by atoms with Crippen LogP contribution in [0.2, 0.25) is 0 Å². The molecular weight excluding hydrogens is 400 g/mol. The lowest BCUT2D eigenvalue weighted by atomic mass is 10.00. The summed E-state index contributed by atoms with van der Waals surface area (Å²) in [6.45, 7) is 0. The Morgan fingerprint density at radius 2 is 1.61 bits per heavy atom. The van der Waals surface area contributed by atoms with Crippen LogP contribution >= 0.6 is 0 Å². The molecule has 0 bridgehead atoms. The van der Waals surface area contributed by atoms with Crippen molar-refractivity contribution in [1.29, 1.82) is 0 Å². The molecule has 1 N–H and O–H groups in total. The molecule has 0 unspecified atom stereocenters. The van der Waals surface area contributed by atoms with Gasteiger partial charge in [0, 0.05) is 17.7 Å². The zero-order chi connectivity index (χ0) is 22.0. The highest BCUT2D eigenvalue weighted by molar-refractivity contribution is 6.02. The molecule has 8 heteroatoms. The van der Waals surface area contributed by atoms with Crippen LogP contribution in [0.1, 0.15) is 18.5 Å². The first-order chi connectivity index (χ1) is 15.0. The highest BCUT2D eigenvalue weighted by Crippen LogP contribution is 2.50. The topological polar surface area (TPSA) is 92.1 Å². The number of anilines is 1. The number of nitrogens with zero attached hydrogens (tertiary/aromatic N) is 1. The van der Waals surface area contributed by atoms with Gasteiger partial charge in [0.2, 0.25) is 5.91 Å². The second-order valence-corrected chi connectivity index (χ2v) is 7.25. The first-order valence-electron chi connectivity index (χ1n) is 9.77. The molecule has 0 atom stereocenters. The molecule has 1 aliphatic rings. The van der Waals surface area contributed by atoms with Gasteiger partial charge in [0.1, 0.15) is 11.5 Å². The van der Waals surface area contributed by atoms with Crippen molar-refractivity contribution in [2.24, 2.45) is 0 Å². The fraction of sp³-hybridized carbons (Fsp3) is 0.304. The van der Waals surface area contributed by atoms with E-state index in [1.807, 2.05) is 12.1 Å². The predicted octanol–water partition coefficient (Wildman–Crippen LogP) is 4.05. The summed E-state index contributed by atoms with van der Waals surface area (Å²) in [4.78, 5) is 13.2. The lowest BCUT2D eigenvalue weighted by Gasteiger charge is -2.15. The Bertz CT molecular complexity index is 1100. The minimum Gasteiger partial charge on any atom is -0.497 e. The van der Waals surface area contributed by atoms with Gasteiger partial charge in [-0.3, -0.25) is 4.79 Å². The number of carbonyl (C=O) groups is 1. The first-order valence-corrected chi connectivity index (χ1v) is 9.77. The van der Waals surface area contributed by atoms with Gasteiger partial charge in [-0.15, -0.1) is 0 Å². The van der Waals surface area contributed by atoms with Crippen LogP contribution in [0.3, 0.4) is 0 Å². The van der Waals surface area contributed by atoms with E-state index in [2.05, 4.69) is 10.5 Å². The molecule has 0 saturated heterocycles. The van der Waals surface area contributed by atoms with Crippen molar-refractivity contribution in [3.05, 3.63) is 48.2 Å². The van der Waals surface area contributed by atoms with Gasteiger partial charge in [-0.25, -0.2) is 0 Å². The third-order valence-corrected chi connectivity index (χ3v) is 5.51. The molecule has 1 heterocycles. The number of hydrogen-bond donors (Lipinski definition) is 1. The molecule has 1 aromatic heterocycles. The molecule has 8 nitrogen and oxygen atoms in total. The molecular formula is C23H24N2O6. The minimum atomic E-state index is -0.730. The molecule has 2 aromatic carbocycles. The van der Waals surface area contributed by atoms with Crippen molar-refractivity contribution >= 4 is 11.6 Å². The highest BCUT2D eigenvalue weighted by atomic mass is 16.5. The maximum Gasteiger partial charge on any atom is 0.236 e. The van der Waals surface area contributed by atoms with Gasteiger partial charge in [-0.2, -0.15) is 0 Å². The Balaban J connectivity index is 1.59. The van der Waals surface area contributed by atoms with Gasteiger partial charge in [0.15, 0.2) is 17.3 Å². The van der Waals surface area contributed by atoms with Gasteiger partial charge in [0.05, 0.1) is 45.2 Å². The van der Waals surface area contributed by atoms with Crippen molar-refractivity contribution in [3.63, 3.8) is 0 Å². The van der Waals surface area contributed by atoms with Gasteiger partial charge < -0.3 is 28.8 Å². The molecule has 3 aromatic rings. The van der Waals surface area contributed by atoms with E-state index in [4.69, 9.17) is 23.5 Å². The Morgan fingerprint density at radius 1 is 0.903 bits per heavy atom. The smallest absolute Gasteiger partial charge is 0.236 e. The van der Waals surface area contributed by atoms with Crippen molar-refractivity contribution in [3.8, 4) is 34.3 Å². The fourth-order valence-electron chi connectivity index (χ4n) is 3.50. The molecule has 1 fully saturated rings. The molecule has 1 aliphatic carbocycles. The van der Waals surface area contributed by atoms with Crippen LogP contribution in [-0.4, -0.2) is 39.5 Å². The van der Waals surface area contributed by atoms with Crippen molar-refractivity contribution in [2.75, 3.05) is 33.8 Å². The highest BCUT2D eigenvalue weighted by Gasteiger charge is 2.54. The molecule has 0 spiro atoms. The van der Waals surface area contributed by atoms with E-state index in [-0.39, 0.29) is 5.91 Å². The molecule has 1 saturated carbocycles. The van der Waals surface area contributed by atoms with Crippen LogP contribution in [0.4, 0.5) is 5.69 Å². The average molecular weight is 424 g/mol. The van der Waals surface area contributed by atoms with Gasteiger partial charge in [-0.1, -0.05) is 5.16 Å². The fourth-order valence-corrected chi connectivity index (χ4v) is 3.50. The van der Waals surface area contributed by atoms with Gasteiger partial charge in [-0.05, 0) is 43.2 Å². The largest absolute Gasteiger partial charge is 0.497 e. The molecule has 1 amide bonds. The van der Waals surface area contributed by atoms with E-state index >= 15 is 0 Å². The Hall–Kier alpha value is -3.68. The van der Waals surface area contributed by atoms with E-state index in [1.165, 1.54) is 0 Å². The monoisotopic (exact) mass is 424 g/mol. The van der Waals surface area contributed by atoms with E-state index < -0.39 is 5.41 Å². The number of benzene rings is 2. The van der Waals surface area contributed by atoms with Crippen molar-refractivity contribution in [2.45, 2.75) is 18.3 Å². The van der Waals surface area contributed by atoms with E-state index in [9.17, 15) is 4.79 Å². The molecule has 0 aliphatic heterocycles. The maximum atomic E-state index is 13.2. The number of rotatable bonds is 8. The van der Waals surface area contributed by atoms with Crippen LogP contribution in [0.15, 0.2) is 47.0 Å². The number of aromatic nitrogens is 1. The average Bonchev–Trinajstić information content (AvgIpc) is 3.48. The lowest BCUT2D eigenvalue weighted by molar-refractivity contribution is -0.118. The molecule has 162 valence electrons. The van der Waals surface area contributed by atoms with Gasteiger partial charge in [0.25, 0.3) is 0 Å². The van der Waals surface area contributed by atoms with Crippen LogP contribution < -0.4 is 24.3 Å². The number of ether oxygens (including phenoxy) is 4. The molecule has 4 rings (SSSR count). The summed E-state index contributed by atoms with van der Waals surface area (Å²) in [5, 5.41) is 7.16. The summed E-state index contributed by atoms with van der Waals surface area (Å²) in [7, 11) is 6.28.